The molecule has 1 atom stereocenters. The minimum atomic E-state index is 0.101. The Bertz CT molecular complexity index is 376. The summed E-state index contributed by atoms with van der Waals surface area (Å²) >= 11 is 9.33. The third-order valence-corrected chi connectivity index (χ3v) is 3.36. The topological polar surface area (TPSA) is 30.5 Å². The van der Waals surface area contributed by atoms with Gasteiger partial charge in [-0.2, -0.15) is 0 Å². The Morgan fingerprint density at radius 2 is 2.21 bits per heavy atom. The van der Waals surface area contributed by atoms with E-state index in [0.717, 1.165) is 42.9 Å². The van der Waals surface area contributed by atoms with E-state index in [1.165, 1.54) is 0 Å². The molecule has 1 aromatic rings. The lowest BCUT2D eigenvalue weighted by Crippen LogP contribution is -2.30. The van der Waals surface area contributed by atoms with Gasteiger partial charge in [-0.25, -0.2) is 0 Å². The monoisotopic (exact) mass is 349 g/mol. The van der Waals surface area contributed by atoms with Gasteiger partial charge in [0.15, 0.2) is 0 Å². The zero-order valence-electron chi connectivity index (χ0n) is 11.4. The van der Waals surface area contributed by atoms with E-state index >= 15 is 0 Å². The Balaban J connectivity index is 2.21. The molecule has 19 heavy (non-hydrogen) atoms. The van der Waals surface area contributed by atoms with Crippen molar-refractivity contribution in [2.75, 3.05) is 26.3 Å². The van der Waals surface area contributed by atoms with E-state index < -0.39 is 0 Å². The van der Waals surface area contributed by atoms with Gasteiger partial charge in [0.1, 0.15) is 11.9 Å². The van der Waals surface area contributed by atoms with Crippen LogP contribution in [0.4, 0.5) is 0 Å². The smallest absolute Gasteiger partial charge is 0.134 e. The van der Waals surface area contributed by atoms with Crippen LogP contribution in [-0.4, -0.2) is 32.4 Å². The highest BCUT2D eigenvalue weighted by Crippen LogP contribution is 2.28. The van der Waals surface area contributed by atoms with Crippen LogP contribution in [0.2, 0.25) is 5.02 Å². The molecule has 0 aliphatic heterocycles. The van der Waals surface area contributed by atoms with E-state index in [2.05, 4.69) is 21.2 Å². The molecule has 0 saturated carbocycles. The molecule has 1 aromatic carbocycles. The summed E-state index contributed by atoms with van der Waals surface area (Å²) in [6.45, 7) is 7.38. The molecule has 0 radical (unpaired) electrons. The van der Waals surface area contributed by atoms with Crippen molar-refractivity contribution in [3.63, 3.8) is 0 Å². The van der Waals surface area contributed by atoms with E-state index in [0.29, 0.717) is 5.02 Å². The second-order valence-corrected chi connectivity index (χ2v) is 5.55. The van der Waals surface area contributed by atoms with Crippen LogP contribution in [0.5, 0.6) is 5.75 Å². The van der Waals surface area contributed by atoms with Gasteiger partial charge in [0, 0.05) is 24.8 Å². The fourth-order valence-corrected chi connectivity index (χ4v) is 2.35. The number of hydrogen-bond donors (Lipinski definition) is 1. The first-order chi connectivity index (χ1) is 9.13. The van der Waals surface area contributed by atoms with Crippen LogP contribution in [-0.2, 0) is 4.74 Å². The van der Waals surface area contributed by atoms with Gasteiger partial charge in [-0.05, 0) is 60.9 Å². The van der Waals surface area contributed by atoms with Crippen LogP contribution < -0.4 is 10.1 Å². The maximum atomic E-state index is 5.89. The molecule has 5 heteroatoms. The molecule has 0 aromatic heterocycles. The van der Waals surface area contributed by atoms with Crippen molar-refractivity contribution in [2.24, 2.45) is 0 Å². The van der Waals surface area contributed by atoms with Crippen molar-refractivity contribution in [3.05, 3.63) is 27.7 Å². The molecule has 0 aliphatic carbocycles. The van der Waals surface area contributed by atoms with Gasteiger partial charge in [0.05, 0.1) is 4.47 Å². The van der Waals surface area contributed by atoms with E-state index in [9.17, 15) is 0 Å². The average molecular weight is 351 g/mol. The molecule has 1 N–H and O–H groups in total. The fourth-order valence-electron chi connectivity index (χ4n) is 1.58. The molecule has 0 fully saturated rings. The van der Waals surface area contributed by atoms with Gasteiger partial charge in [0.2, 0.25) is 0 Å². The number of nitrogens with one attached hydrogen (secondary N) is 1. The highest BCUT2D eigenvalue weighted by atomic mass is 79.9. The lowest BCUT2D eigenvalue weighted by Gasteiger charge is -2.16. The second-order valence-electron chi connectivity index (χ2n) is 4.26. The first-order valence-corrected chi connectivity index (χ1v) is 7.70. The largest absolute Gasteiger partial charge is 0.488 e. The molecular weight excluding hydrogens is 330 g/mol. The van der Waals surface area contributed by atoms with Gasteiger partial charge in [-0.1, -0.05) is 11.6 Å². The zero-order valence-corrected chi connectivity index (χ0v) is 13.8. The summed E-state index contributed by atoms with van der Waals surface area (Å²) in [4.78, 5) is 0. The minimum Gasteiger partial charge on any atom is -0.488 e. The molecule has 108 valence electrons. The van der Waals surface area contributed by atoms with Crippen molar-refractivity contribution in [1.82, 2.24) is 5.32 Å². The second kappa shape index (κ2) is 9.59. The van der Waals surface area contributed by atoms with E-state index in [-0.39, 0.29) is 6.10 Å². The van der Waals surface area contributed by atoms with Crippen LogP contribution in [0.25, 0.3) is 0 Å². The third-order valence-electron chi connectivity index (χ3n) is 2.50. The summed E-state index contributed by atoms with van der Waals surface area (Å²) in [6, 6.07) is 5.53. The third kappa shape index (κ3) is 7.16. The standard InChI is InChI=1S/C14H21BrClNO2/c1-3-18-8-4-7-17-10-11(2)19-14-6-5-12(16)9-13(14)15/h5-6,9,11,17H,3-4,7-8,10H2,1-2H3. The number of hydrogen-bond acceptors (Lipinski definition) is 3. The molecule has 1 unspecified atom stereocenters. The number of halogens is 2. The van der Waals surface area contributed by atoms with Gasteiger partial charge in [-0.3, -0.25) is 0 Å². The van der Waals surface area contributed by atoms with Crippen molar-refractivity contribution >= 4 is 27.5 Å². The van der Waals surface area contributed by atoms with Crippen LogP contribution in [0, 0.1) is 0 Å². The molecule has 1 rings (SSSR count). The molecular formula is C14H21BrClNO2. The van der Waals surface area contributed by atoms with Crippen LogP contribution >= 0.6 is 27.5 Å². The molecule has 0 amide bonds. The number of benzene rings is 1. The summed E-state index contributed by atoms with van der Waals surface area (Å²) in [5.41, 5.74) is 0. The minimum absolute atomic E-state index is 0.101. The lowest BCUT2D eigenvalue weighted by molar-refractivity contribution is 0.143. The normalized spacial score (nSPS) is 12.4. The lowest BCUT2D eigenvalue weighted by atomic mass is 10.3. The zero-order chi connectivity index (χ0) is 14.1. The van der Waals surface area contributed by atoms with Crippen LogP contribution in [0.3, 0.4) is 0 Å². The Morgan fingerprint density at radius 1 is 1.42 bits per heavy atom. The summed E-state index contributed by atoms with van der Waals surface area (Å²) in [7, 11) is 0. The summed E-state index contributed by atoms with van der Waals surface area (Å²) < 4.78 is 12.0. The molecule has 3 nitrogen and oxygen atoms in total. The number of ether oxygens (including phenoxy) is 2. The Morgan fingerprint density at radius 3 is 2.89 bits per heavy atom. The first kappa shape index (κ1) is 16.8. The molecule has 0 spiro atoms. The van der Waals surface area contributed by atoms with E-state index in [4.69, 9.17) is 21.1 Å². The fraction of sp³-hybridized carbons (Fsp3) is 0.571. The summed E-state index contributed by atoms with van der Waals surface area (Å²) in [5, 5.41) is 4.04. The predicted octanol–water partition coefficient (Wildman–Crippen LogP) is 3.89. The van der Waals surface area contributed by atoms with E-state index in [1.807, 2.05) is 32.0 Å². The highest BCUT2D eigenvalue weighted by molar-refractivity contribution is 9.10. The average Bonchev–Trinajstić information content (AvgIpc) is 2.37. The van der Waals surface area contributed by atoms with E-state index in [1.54, 1.807) is 0 Å². The maximum Gasteiger partial charge on any atom is 0.134 e. The molecule has 0 bridgehead atoms. The summed E-state index contributed by atoms with van der Waals surface area (Å²) in [5.74, 6) is 0.813. The molecule has 0 saturated heterocycles. The molecule has 0 heterocycles. The summed E-state index contributed by atoms with van der Waals surface area (Å²) in [6.07, 6.45) is 1.12. The molecule has 0 aliphatic rings. The van der Waals surface area contributed by atoms with Crippen LogP contribution in [0.15, 0.2) is 22.7 Å². The van der Waals surface area contributed by atoms with Gasteiger partial charge < -0.3 is 14.8 Å². The van der Waals surface area contributed by atoms with Crippen molar-refractivity contribution in [1.29, 1.82) is 0 Å². The first-order valence-electron chi connectivity index (χ1n) is 6.53. The highest BCUT2D eigenvalue weighted by Gasteiger charge is 2.07. The van der Waals surface area contributed by atoms with Crippen LogP contribution in [0.1, 0.15) is 20.3 Å². The predicted molar refractivity (Wildman–Crippen MR) is 83.2 cm³/mol. The quantitative estimate of drug-likeness (QED) is 0.685. The van der Waals surface area contributed by atoms with Crippen molar-refractivity contribution in [2.45, 2.75) is 26.4 Å². The Hall–Kier alpha value is -0.290. The number of rotatable bonds is 9. The Kier molecular flexibility index (Phi) is 8.46. The van der Waals surface area contributed by atoms with Gasteiger partial charge in [0.25, 0.3) is 0 Å². The van der Waals surface area contributed by atoms with Gasteiger partial charge in [-0.15, -0.1) is 0 Å². The maximum absolute atomic E-state index is 5.89. The SMILES string of the molecule is CCOCCCNCC(C)Oc1ccc(Cl)cc1Br. The van der Waals surface area contributed by atoms with Crippen molar-refractivity contribution < 1.29 is 9.47 Å². The van der Waals surface area contributed by atoms with Crippen molar-refractivity contribution in [3.8, 4) is 5.75 Å². The van der Waals surface area contributed by atoms with Gasteiger partial charge >= 0.3 is 0 Å². The Labute approximate surface area is 128 Å².